The Morgan fingerprint density at radius 3 is 2.62 bits per heavy atom. The van der Waals surface area contributed by atoms with Gasteiger partial charge in [-0.1, -0.05) is 12.1 Å². The van der Waals surface area contributed by atoms with Crippen LogP contribution in [0.4, 0.5) is 10.2 Å². The van der Waals surface area contributed by atoms with Crippen LogP contribution in [0.15, 0.2) is 54.7 Å². The zero-order chi connectivity index (χ0) is 19.9. The number of nitrogens with one attached hydrogen (secondary N) is 1. The largest absolute Gasteiger partial charge is 0.368 e. The van der Waals surface area contributed by atoms with Crippen molar-refractivity contribution in [1.82, 2.24) is 15.2 Å². The Morgan fingerprint density at radius 1 is 1.07 bits per heavy atom. The van der Waals surface area contributed by atoms with Gasteiger partial charge >= 0.3 is 0 Å². The molecular formula is C23H20FN5. The van der Waals surface area contributed by atoms with Crippen LogP contribution >= 0.6 is 0 Å². The molecule has 2 heterocycles. The smallest absolute Gasteiger partial charge is 0.148 e. The van der Waals surface area contributed by atoms with Gasteiger partial charge in [-0.2, -0.15) is 5.26 Å². The first kappa shape index (κ1) is 17.7. The highest BCUT2D eigenvalue weighted by Crippen LogP contribution is 2.68. The van der Waals surface area contributed by atoms with Crippen molar-refractivity contribution in [2.45, 2.75) is 31.1 Å². The minimum absolute atomic E-state index is 0.233. The molecule has 0 aliphatic heterocycles. The van der Waals surface area contributed by atoms with Crippen molar-refractivity contribution in [2.75, 3.05) is 11.9 Å². The van der Waals surface area contributed by atoms with E-state index in [0.717, 1.165) is 18.4 Å². The number of rotatable bonds is 5. The van der Waals surface area contributed by atoms with Gasteiger partial charge in [-0.15, -0.1) is 10.2 Å². The molecule has 5 nitrogen and oxygen atoms in total. The fourth-order valence-electron chi connectivity index (χ4n) is 4.65. The highest BCUT2D eigenvalue weighted by molar-refractivity contribution is 5.61. The topological polar surface area (TPSA) is 74.5 Å². The fraction of sp³-hybridized carbons (Fsp3) is 0.304. The summed E-state index contributed by atoms with van der Waals surface area (Å²) >= 11 is 0. The third kappa shape index (κ3) is 3.23. The van der Waals surface area contributed by atoms with Crippen molar-refractivity contribution in [3.05, 3.63) is 71.8 Å². The van der Waals surface area contributed by atoms with Gasteiger partial charge < -0.3 is 5.32 Å². The van der Waals surface area contributed by atoms with E-state index in [1.165, 1.54) is 18.9 Å². The third-order valence-electron chi connectivity index (χ3n) is 6.20. The standard InChI is InChI=1S/C23H20FN5/c24-18-5-2-10-26-21(18)23(13-22(14-23)8-9-22)15-27-20-7-6-19(28-29-20)17-4-1-3-16(11-17)12-25/h1-7,10-11H,8-9,13-15H2,(H,27,29). The monoisotopic (exact) mass is 385 g/mol. The predicted octanol–water partition coefficient (Wildman–Crippen LogP) is 4.47. The van der Waals surface area contributed by atoms with E-state index in [-0.39, 0.29) is 11.2 Å². The molecule has 5 rings (SSSR count). The van der Waals surface area contributed by atoms with E-state index in [1.54, 1.807) is 24.4 Å². The van der Waals surface area contributed by atoms with Crippen molar-refractivity contribution in [3.63, 3.8) is 0 Å². The second kappa shape index (κ2) is 6.63. The summed E-state index contributed by atoms with van der Waals surface area (Å²) in [5.41, 5.74) is 2.83. The van der Waals surface area contributed by atoms with Crippen LogP contribution < -0.4 is 5.32 Å². The minimum atomic E-state index is -0.288. The van der Waals surface area contributed by atoms with Crippen LogP contribution in [-0.4, -0.2) is 21.7 Å². The quantitative estimate of drug-likeness (QED) is 0.701. The number of nitriles is 1. The van der Waals surface area contributed by atoms with Crippen LogP contribution in [0.2, 0.25) is 0 Å². The van der Waals surface area contributed by atoms with Gasteiger partial charge in [-0.05, 0) is 67.5 Å². The van der Waals surface area contributed by atoms with Crippen molar-refractivity contribution in [2.24, 2.45) is 5.41 Å². The van der Waals surface area contributed by atoms with E-state index >= 15 is 0 Å². The molecule has 0 atom stereocenters. The highest BCUT2D eigenvalue weighted by atomic mass is 19.1. The van der Waals surface area contributed by atoms with E-state index in [1.807, 2.05) is 24.3 Å². The van der Waals surface area contributed by atoms with Gasteiger partial charge in [0.25, 0.3) is 0 Å². The molecule has 0 unspecified atom stereocenters. The van der Waals surface area contributed by atoms with Crippen LogP contribution in [0, 0.1) is 22.6 Å². The molecule has 0 bridgehead atoms. The SMILES string of the molecule is N#Cc1cccc(-c2ccc(NCC3(c4ncccc4F)CC4(CC4)C3)nn2)c1. The summed E-state index contributed by atoms with van der Waals surface area (Å²) in [6.45, 7) is 0.584. The summed E-state index contributed by atoms with van der Waals surface area (Å²) in [5, 5.41) is 21.0. The van der Waals surface area contributed by atoms with Gasteiger partial charge in [-0.3, -0.25) is 4.98 Å². The molecule has 0 radical (unpaired) electrons. The van der Waals surface area contributed by atoms with Crippen LogP contribution in [-0.2, 0) is 5.41 Å². The van der Waals surface area contributed by atoms with Gasteiger partial charge in [0.1, 0.15) is 11.6 Å². The van der Waals surface area contributed by atoms with E-state index in [9.17, 15) is 4.39 Å². The molecule has 2 saturated carbocycles. The molecule has 1 aromatic carbocycles. The van der Waals surface area contributed by atoms with Crippen molar-refractivity contribution in [1.29, 1.82) is 5.26 Å². The van der Waals surface area contributed by atoms with E-state index in [4.69, 9.17) is 5.26 Å². The zero-order valence-electron chi connectivity index (χ0n) is 15.9. The predicted molar refractivity (Wildman–Crippen MR) is 107 cm³/mol. The third-order valence-corrected chi connectivity index (χ3v) is 6.20. The van der Waals surface area contributed by atoms with Crippen molar-refractivity contribution >= 4 is 5.82 Å². The molecule has 2 aromatic heterocycles. The zero-order valence-corrected chi connectivity index (χ0v) is 15.9. The molecule has 0 saturated heterocycles. The average Bonchev–Trinajstić information content (AvgIpc) is 3.53. The molecule has 3 aromatic rings. The lowest BCUT2D eigenvalue weighted by molar-refractivity contribution is 0.121. The lowest BCUT2D eigenvalue weighted by Crippen LogP contribution is -2.49. The molecule has 2 aliphatic carbocycles. The molecule has 1 N–H and O–H groups in total. The maximum absolute atomic E-state index is 14.5. The van der Waals surface area contributed by atoms with E-state index in [2.05, 4.69) is 26.6 Å². The van der Waals surface area contributed by atoms with Crippen LogP contribution in [0.25, 0.3) is 11.3 Å². The summed E-state index contributed by atoms with van der Waals surface area (Å²) in [6, 6.07) is 16.3. The average molecular weight is 385 g/mol. The first-order valence-electron chi connectivity index (χ1n) is 9.81. The Balaban J connectivity index is 1.33. The van der Waals surface area contributed by atoms with E-state index < -0.39 is 0 Å². The second-order valence-corrected chi connectivity index (χ2v) is 8.32. The van der Waals surface area contributed by atoms with Crippen molar-refractivity contribution in [3.8, 4) is 17.3 Å². The maximum atomic E-state index is 14.5. The normalized spacial score (nSPS) is 17.9. The Kier molecular flexibility index (Phi) is 4.06. The fourth-order valence-corrected chi connectivity index (χ4v) is 4.65. The molecule has 2 fully saturated rings. The lowest BCUT2D eigenvalue weighted by atomic mass is 9.57. The van der Waals surface area contributed by atoms with Gasteiger partial charge in [0.05, 0.1) is 23.0 Å². The lowest BCUT2D eigenvalue weighted by Gasteiger charge is -2.48. The van der Waals surface area contributed by atoms with Crippen LogP contribution in [0.5, 0.6) is 0 Å². The van der Waals surface area contributed by atoms with Crippen LogP contribution in [0.1, 0.15) is 36.9 Å². The Morgan fingerprint density at radius 2 is 1.93 bits per heavy atom. The number of benzene rings is 1. The second-order valence-electron chi connectivity index (χ2n) is 8.32. The molecule has 29 heavy (non-hydrogen) atoms. The number of hydrogen-bond donors (Lipinski definition) is 1. The van der Waals surface area contributed by atoms with Gasteiger partial charge in [0.2, 0.25) is 0 Å². The van der Waals surface area contributed by atoms with Crippen LogP contribution in [0.3, 0.4) is 0 Å². The number of anilines is 1. The highest BCUT2D eigenvalue weighted by Gasteiger charge is 2.62. The molecule has 2 aliphatic rings. The van der Waals surface area contributed by atoms with Crippen molar-refractivity contribution < 1.29 is 4.39 Å². The van der Waals surface area contributed by atoms with Gasteiger partial charge in [-0.25, -0.2) is 4.39 Å². The van der Waals surface area contributed by atoms with Gasteiger partial charge in [0.15, 0.2) is 0 Å². The summed E-state index contributed by atoms with van der Waals surface area (Å²) in [7, 11) is 0. The summed E-state index contributed by atoms with van der Waals surface area (Å²) in [6.07, 6.45) is 6.07. The Bertz CT molecular complexity index is 1090. The first-order chi connectivity index (χ1) is 14.1. The molecule has 6 heteroatoms. The minimum Gasteiger partial charge on any atom is -0.368 e. The van der Waals surface area contributed by atoms with E-state index in [0.29, 0.717) is 34.7 Å². The summed E-state index contributed by atoms with van der Waals surface area (Å²) in [5.74, 6) is 0.418. The Hall–Kier alpha value is -3.33. The number of pyridine rings is 1. The number of nitrogens with zero attached hydrogens (tertiary/aromatic N) is 4. The molecule has 144 valence electrons. The number of aromatic nitrogens is 3. The molecule has 1 spiro atoms. The first-order valence-corrected chi connectivity index (χ1v) is 9.81. The molecular weight excluding hydrogens is 365 g/mol. The maximum Gasteiger partial charge on any atom is 0.148 e. The molecule has 0 amide bonds. The number of hydrogen-bond acceptors (Lipinski definition) is 5. The van der Waals surface area contributed by atoms with Gasteiger partial charge in [0, 0.05) is 23.7 Å². The summed E-state index contributed by atoms with van der Waals surface area (Å²) < 4.78 is 14.5. The Labute approximate surface area is 168 Å². The number of halogens is 1. The summed E-state index contributed by atoms with van der Waals surface area (Å²) in [4.78, 5) is 4.37.